The Hall–Kier alpha value is -0.600. The molecule has 0 aromatic carbocycles. The number of hydrogen-bond donors (Lipinski definition) is 2. The lowest BCUT2D eigenvalue weighted by Crippen LogP contribution is -2.32. The molecule has 3 aliphatic carbocycles. The summed E-state index contributed by atoms with van der Waals surface area (Å²) in [6, 6.07) is 0. The third-order valence-electron chi connectivity index (χ3n) is 6.08. The molecular weight excluding hydrogens is 248 g/mol. The molecule has 112 valence electrons. The molecular formula is C18H28O2. The molecule has 3 saturated carbocycles. The van der Waals surface area contributed by atoms with Gasteiger partial charge in [0.15, 0.2) is 0 Å². The Morgan fingerprint density at radius 3 is 2.55 bits per heavy atom. The van der Waals surface area contributed by atoms with E-state index in [9.17, 15) is 10.2 Å². The monoisotopic (exact) mass is 276 g/mol. The quantitative estimate of drug-likeness (QED) is 0.664. The van der Waals surface area contributed by atoms with E-state index in [0.717, 1.165) is 36.2 Å². The van der Waals surface area contributed by atoms with Gasteiger partial charge in [-0.05, 0) is 80.8 Å². The summed E-state index contributed by atoms with van der Waals surface area (Å²) in [6.45, 7) is 4.33. The van der Waals surface area contributed by atoms with E-state index in [4.69, 9.17) is 0 Å². The predicted octanol–water partition coefficient (Wildman–Crippen LogP) is 3.59. The van der Waals surface area contributed by atoms with Crippen molar-refractivity contribution in [2.24, 2.45) is 17.8 Å². The predicted molar refractivity (Wildman–Crippen MR) is 81.3 cm³/mol. The molecule has 3 rings (SSSR count). The molecule has 0 aliphatic heterocycles. The molecule has 2 nitrogen and oxygen atoms in total. The molecule has 20 heavy (non-hydrogen) atoms. The minimum absolute atomic E-state index is 0.443. The summed E-state index contributed by atoms with van der Waals surface area (Å²) in [4.78, 5) is 0. The lowest BCUT2D eigenvalue weighted by molar-refractivity contribution is 0.128. The first-order valence-electron chi connectivity index (χ1n) is 8.37. The fourth-order valence-electron chi connectivity index (χ4n) is 4.96. The zero-order valence-electron chi connectivity index (χ0n) is 12.8. The van der Waals surface area contributed by atoms with Crippen LogP contribution in [0, 0.1) is 17.8 Å². The maximum absolute atomic E-state index is 10.7. The molecule has 3 fully saturated rings. The van der Waals surface area contributed by atoms with E-state index in [1.807, 2.05) is 13.0 Å². The molecule has 2 heteroatoms. The fourth-order valence-corrected chi connectivity index (χ4v) is 4.96. The molecule has 0 bridgehead atoms. The van der Waals surface area contributed by atoms with Crippen LogP contribution in [-0.2, 0) is 0 Å². The van der Waals surface area contributed by atoms with Gasteiger partial charge in [-0.15, -0.1) is 0 Å². The molecule has 0 radical (unpaired) electrons. The van der Waals surface area contributed by atoms with Crippen LogP contribution in [-0.4, -0.2) is 22.4 Å². The highest BCUT2D eigenvalue weighted by atomic mass is 16.3. The van der Waals surface area contributed by atoms with Crippen molar-refractivity contribution in [2.75, 3.05) is 0 Å². The number of aliphatic hydroxyl groups is 2. The Morgan fingerprint density at radius 1 is 1.00 bits per heavy atom. The normalized spacial score (nSPS) is 47.6. The van der Waals surface area contributed by atoms with Gasteiger partial charge in [-0.1, -0.05) is 18.6 Å². The first-order valence-corrected chi connectivity index (χ1v) is 8.37. The second-order valence-electron chi connectivity index (χ2n) is 7.01. The van der Waals surface area contributed by atoms with E-state index in [1.54, 1.807) is 5.57 Å². The summed E-state index contributed by atoms with van der Waals surface area (Å²) >= 11 is 0. The smallest absolute Gasteiger partial charge is 0.0988 e. The maximum atomic E-state index is 10.7. The average Bonchev–Trinajstić information content (AvgIpc) is 2.82. The van der Waals surface area contributed by atoms with E-state index in [1.165, 1.54) is 37.7 Å². The van der Waals surface area contributed by atoms with Crippen LogP contribution in [0.2, 0.25) is 0 Å². The summed E-state index contributed by atoms with van der Waals surface area (Å²) in [5.41, 5.74) is 3.64. The van der Waals surface area contributed by atoms with Crippen LogP contribution in [0.3, 0.4) is 0 Å². The molecule has 5 unspecified atom stereocenters. The molecule has 0 saturated heterocycles. The van der Waals surface area contributed by atoms with Gasteiger partial charge < -0.3 is 10.2 Å². The maximum Gasteiger partial charge on any atom is 0.0988 e. The van der Waals surface area contributed by atoms with Crippen LogP contribution >= 0.6 is 0 Å². The zero-order valence-corrected chi connectivity index (χ0v) is 12.8. The van der Waals surface area contributed by atoms with Crippen LogP contribution in [0.15, 0.2) is 22.8 Å². The Bertz CT molecular complexity index is 435. The summed E-state index contributed by atoms with van der Waals surface area (Å²) in [5, 5.41) is 20.7. The van der Waals surface area contributed by atoms with Crippen LogP contribution < -0.4 is 0 Å². The van der Waals surface area contributed by atoms with Gasteiger partial charge in [0.25, 0.3) is 0 Å². The van der Waals surface area contributed by atoms with Crippen molar-refractivity contribution < 1.29 is 10.2 Å². The summed E-state index contributed by atoms with van der Waals surface area (Å²) in [6.07, 6.45) is 9.10. The van der Waals surface area contributed by atoms with E-state index >= 15 is 0 Å². The molecule has 0 aromatic rings. The average molecular weight is 276 g/mol. The number of aliphatic hydroxyl groups excluding tert-OH is 2. The van der Waals surface area contributed by atoms with Crippen molar-refractivity contribution in [3.05, 3.63) is 22.8 Å². The first kappa shape index (κ1) is 14.3. The number of hydrogen-bond acceptors (Lipinski definition) is 2. The third-order valence-corrected chi connectivity index (χ3v) is 6.08. The van der Waals surface area contributed by atoms with E-state index in [2.05, 4.69) is 6.92 Å². The van der Waals surface area contributed by atoms with Crippen LogP contribution in [0.25, 0.3) is 0 Å². The SMILES string of the molecule is CC=C1C(O)CCC(=C2CCCC3C(C)CCC23)C1O. The van der Waals surface area contributed by atoms with Crippen molar-refractivity contribution in [1.29, 1.82) is 0 Å². The van der Waals surface area contributed by atoms with Gasteiger partial charge in [-0.3, -0.25) is 0 Å². The lowest BCUT2D eigenvalue weighted by Gasteiger charge is -2.37. The van der Waals surface area contributed by atoms with Crippen LogP contribution in [0.4, 0.5) is 0 Å². The van der Waals surface area contributed by atoms with E-state index < -0.39 is 12.2 Å². The minimum Gasteiger partial charge on any atom is -0.389 e. The first-order chi connectivity index (χ1) is 9.63. The molecule has 5 atom stereocenters. The van der Waals surface area contributed by atoms with Crippen molar-refractivity contribution in [3.63, 3.8) is 0 Å². The van der Waals surface area contributed by atoms with Gasteiger partial charge >= 0.3 is 0 Å². The van der Waals surface area contributed by atoms with Gasteiger partial charge in [0.1, 0.15) is 0 Å². The Kier molecular flexibility index (Phi) is 4.05. The molecule has 2 N–H and O–H groups in total. The highest BCUT2D eigenvalue weighted by Crippen LogP contribution is 2.50. The van der Waals surface area contributed by atoms with Crippen molar-refractivity contribution in [3.8, 4) is 0 Å². The second kappa shape index (κ2) is 5.65. The molecule has 0 aromatic heterocycles. The van der Waals surface area contributed by atoms with Crippen molar-refractivity contribution >= 4 is 0 Å². The van der Waals surface area contributed by atoms with Gasteiger partial charge in [-0.2, -0.15) is 0 Å². The minimum atomic E-state index is -0.520. The molecule has 0 spiro atoms. The molecule has 0 amide bonds. The standard InChI is InChI=1S/C18H28O2/c1-3-12-17(19)10-9-16(18(12)20)14-6-4-5-13-11(2)7-8-15(13)14/h3,11,13,15,17-20H,4-10H2,1-2H3. The molecule has 0 heterocycles. The largest absolute Gasteiger partial charge is 0.389 e. The fraction of sp³-hybridized carbons (Fsp3) is 0.778. The van der Waals surface area contributed by atoms with Crippen molar-refractivity contribution in [2.45, 2.75) is 71.0 Å². The topological polar surface area (TPSA) is 40.5 Å². The Morgan fingerprint density at radius 2 is 1.80 bits per heavy atom. The number of allylic oxidation sites excluding steroid dienone is 2. The third kappa shape index (κ3) is 2.27. The lowest BCUT2D eigenvalue weighted by atomic mass is 9.70. The Balaban J connectivity index is 1.93. The second-order valence-corrected chi connectivity index (χ2v) is 7.01. The number of fused-ring (bicyclic) bond motifs is 1. The van der Waals surface area contributed by atoms with Gasteiger partial charge in [-0.25, -0.2) is 0 Å². The highest BCUT2D eigenvalue weighted by molar-refractivity contribution is 5.35. The summed E-state index contributed by atoms with van der Waals surface area (Å²) < 4.78 is 0. The van der Waals surface area contributed by atoms with Gasteiger partial charge in [0.2, 0.25) is 0 Å². The Labute approximate surface area is 122 Å². The van der Waals surface area contributed by atoms with Gasteiger partial charge in [0, 0.05) is 0 Å². The molecule has 3 aliphatic rings. The van der Waals surface area contributed by atoms with Crippen molar-refractivity contribution in [1.82, 2.24) is 0 Å². The van der Waals surface area contributed by atoms with E-state index in [0.29, 0.717) is 0 Å². The van der Waals surface area contributed by atoms with E-state index in [-0.39, 0.29) is 0 Å². The van der Waals surface area contributed by atoms with Gasteiger partial charge in [0.05, 0.1) is 12.2 Å². The zero-order chi connectivity index (χ0) is 14.3. The highest BCUT2D eigenvalue weighted by Gasteiger charge is 2.40. The summed E-state index contributed by atoms with van der Waals surface area (Å²) in [5.74, 6) is 2.42. The number of rotatable bonds is 0. The summed E-state index contributed by atoms with van der Waals surface area (Å²) in [7, 11) is 0. The van der Waals surface area contributed by atoms with Crippen LogP contribution in [0.1, 0.15) is 58.8 Å². The van der Waals surface area contributed by atoms with Crippen LogP contribution in [0.5, 0.6) is 0 Å².